The van der Waals surface area contributed by atoms with Crippen molar-refractivity contribution in [2.45, 2.75) is 13.5 Å². The number of hydrogen-bond donors (Lipinski definition) is 1. The van der Waals surface area contributed by atoms with Crippen molar-refractivity contribution in [3.8, 4) is 16.2 Å². The summed E-state index contributed by atoms with van der Waals surface area (Å²) in [5.74, 6) is 0.520. The number of hydrogen-bond acceptors (Lipinski definition) is 5. The Morgan fingerprint density at radius 1 is 1.26 bits per heavy atom. The van der Waals surface area contributed by atoms with Crippen LogP contribution in [0.15, 0.2) is 54.0 Å². The fourth-order valence-corrected chi connectivity index (χ4v) is 3.82. The van der Waals surface area contributed by atoms with Gasteiger partial charge in [-0.1, -0.05) is 12.1 Å². The molecule has 3 aromatic heterocycles. The number of benzene rings is 1. The number of methoxy groups -OCH3 is 1. The Balaban J connectivity index is 1.62. The Hall–Kier alpha value is -3.19. The summed E-state index contributed by atoms with van der Waals surface area (Å²) in [6.07, 6.45) is 1.76. The van der Waals surface area contributed by atoms with Gasteiger partial charge >= 0.3 is 0 Å². The highest BCUT2D eigenvalue weighted by Gasteiger charge is 2.16. The molecule has 1 amide bonds. The van der Waals surface area contributed by atoms with Gasteiger partial charge in [-0.25, -0.2) is 9.67 Å². The summed E-state index contributed by atoms with van der Waals surface area (Å²) in [6, 6.07) is 13.3. The summed E-state index contributed by atoms with van der Waals surface area (Å²) in [5, 5.41) is 10.4. The second-order valence-corrected chi connectivity index (χ2v) is 7.01. The third kappa shape index (κ3) is 3.41. The lowest BCUT2D eigenvalue weighted by Crippen LogP contribution is -2.19. The number of amides is 1. The molecule has 4 rings (SSSR count). The van der Waals surface area contributed by atoms with Gasteiger partial charge in [0.1, 0.15) is 12.3 Å². The minimum absolute atomic E-state index is 0.0858. The fourth-order valence-electron chi connectivity index (χ4n) is 3.07. The number of carbonyl (C=O) groups excluding carboxylic acids is 1. The van der Waals surface area contributed by atoms with E-state index in [1.807, 2.05) is 42.6 Å². The third-order valence-electron chi connectivity index (χ3n) is 4.24. The van der Waals surface area contributed by atoms with Crippen LogP contribution in [0.2, 0.25) is 0 Å². The largest absolute Gasteiger partial charge is 0.497 e. The minimum atomic E-state index is -0.170. The van der Waals surface area contributed by atoms with E-state index >= 15 is 0 Å². The zero-order chi connectivity index (χ0) is 18.8. The van der Waals surface area contributed by atoms with E-state index in [-0.39, 0.29) is 12.5 Å². The zero-order valence-corrected chi connectivity index (χ0v) is 15.8. The number of carbonyl (C=O) groups is 1. The number of ether oxygens (including phenoxy) is 1. The summed E-state index contributed by atoms with van der Waals surface area (Å²) in [5.41, 5.74) is 3.33. The molecule has 4 aromatic rings. The molecule has 0 unspecified atom stereocenters. The Morgan fingerprint density at radius 3 is 2.93 bits per heavy atom. The molecular weight excluding hydrogens is 360 g/mol. The lowest BCUT2D eigenvalue weighted by Gasteiger charge is -2.07. The van der Waals surface area contributed by atoms with Crippen LogP contribution in [0.1, 0.15) is 5.69 Å². The summed E-state index contributed by atoms with van der Waals surface area (Å²) in [4.78, 5) is 18.1. The second-order valence-electron chi connectivity index (χ2n) is 6.06. The van der Waals surface area contributed by atoms with Gasteiger partial charge in [-0.15, -0.1) is 11.3 Å². The lowest BCUT2D eigenvalue weighted by atomic mass is 10.1. The zero-order valence-electron chi connectivity index (χ0n) is 15.0. The van der Waals surface area contributed by atoms with Crippen LogP contribution in [0.5, 0.6) is 5.75 Å². The second kappa shape index (κ2) is 7.20. The first-order valence-corrected chi connectivity index (χ1v) is 9.33. The molecule has 1 N–H and O–H groups in total. The van der Waals surface area contributed by atoms with Crippen LogP contribution in [-0.4, -0.2) is 27.8 Å². The number of aromatic nitrogens is 3. The standard InChI is InChI=1S/C20H18N4O2S/c1-13-19-16(17-7-4-10-27-17)8-9-21-20(19)24(23-13)12-18(25)22-14-5-3-6-15(11-14)26-2/h3-11H,12H2,1-2H3,(H,22,25). The number of rotatable bonds is 5. The Morgan fingerprint density at radius 2 is 2.15 bits per heavy atom. The topological polar surface area (TPSA) is 69.0 Å². The van der Waals surface area contributed by atoms with Gasteiger partial charge in [-0.2, -0.15) is 5.10 Å². The monoisotopic (exact) mass is 378 g/mol. The van der Waals surface area contributed by atoms with Gasteiger partial charge in [0.25, 0.3) is 0 Å². The number of pyridine rings is 1. The van der Waals surface area contributed by atoms with Crippen molar-refractivity contribution in [1.82, 2.24) is 14.8 Å². The number of thiophene rings is 1. The van der Waals surface area contributed by atoms with Gasteiger partial charge in [-0.05, 0) is 36.6 Å². The van der Waals surface area contributed by atoms with Crippen LogP contribution in [0.25, 0.3) is 21.5 Å². The van der Waals surface area contributed by atoms with Crippen LogP contribution in [0.4, 0.5) is 5.69 Å². The van der Waals surface area contributed by atoms with Gasteiger partial charge in [0.2, 0.25) is 5.91 Å². The molecule has 27 heavy (non-hydrogen) atoms. The lowest BCUT2D eigenvalue weighted by molar-refractivity contribution is -0.116. The maximum atomic E-state index is 12.5. The van der Waals surface area contributed by atoms with Crippen molar-refractivity contribution in [1.29, 1.82) is 0 Å². The highest BCUT2D eigenvalue weighted by molar-refractivity contribution is 7.13. The first-order chi connectivity index (χ1) is 13.2. The minimum Gasteiger partial charge on any atom is -0.497 e. The molecule has 6 nitrogen and oxygen atoms in total. The highest BCUT2D eigenvalue weighted by atomic mass is 32.1. The van der Waals surface area contributed by atoms with Crippen molar-refractivity contribution >= 4 is 34.0 Å². The SMILES string of the molecule is COc1cccc(NC(=O)Cn2nc(C)c3c(-c4cccs4)ccnc32)c1. The molecule has 0 aliphatic carbocycles. The molecule has 0 bridgehead atoms. The molecule has 0 fully saturated rings. The van der Waals surface area contributed by atoms with E-state index in [9.17, 15) is 4.79 Å². The van der Waals surface area contributed by atoms with E-state index < -0.39 is 0 Å². The molecule has 0 saturated heterocycles. The Bertz CT molecular complexity index is 1100. The van der Waals surface area contributed by atoms with Crippen molar-refractivity contribution in [2.24, 2.45) is 0 Å². The van der Waals surface area contributed by atoms with E-state index in [1.54, 1.807) is 35.4 Å². The maximum absolute atomic E-state index is 12.5. The molecule has 136 valence electrons. The fraction of sp³-hybridized carbons (Fsp3) is 0.150. The van der Waals surface area contributed by atoms with Crippen LogP contribution in [0.3, 0.4) is 0 Å². The van der Waals surface area contributed by atoms with E-state index in [2.05, 4.69) is 21.5 Å². The number of nitrogens with zero attached hydrogens (tertiary/aromatic N) is 3. The van der Waals surface area contributed by atoms with Crippen molar-refractivity contribution in [3.63, 3.8) is 0 Å². The first-order valence-electron chi connectivity index (χ1n) is 8.45. The van der Waals surface area contributed by atoms with E-state index in [0.29, 0.717) is 17.1 Å². The molecule has 0 radical (unpaired) electrons. The molecule has 0 aliphatic heterocycles. The third-order valence-corrected chi connectivity index (χ3v) is 5.14. The predicted octanol–water partition coefficient (Wildman–Crippen LogP) is 4.12. The Labute approximate surface area is 160 Å². The van der Waals surface area contributed by atoms with E-state index in [4.69, 9.17) is 4.74 Å². The molecule has 0 saturated carbocycles. The average Bonchev–Trinajstić information content (AvgIpc) is 3.31. The van der Waals surface area contributed by atoms with Gasteiger partial charge in [-0.3, -0.25) is 4.79 Å². The van der Waals surface area contributed by atoms with Gasteiger partial charge in [0.05, 0.1) is 18.2 Å². The van der Waals surface area contributed by atoms with Crippen LogP contribution in [0, 0.1) is 6.92 Å². The molecule has 0 aliphatic rings. The quantitative estimate of drug-likeness (QED) is 0.567. The molecule has 1 aromatic carbocycles. The van der Waals surface area contributed by atoms with Gasteiger partial charge < -0.3 is 10.1 Å². The molecular formula is C20H18N4O2S. The number of anilines is 1. The van der Waals surface area contributed by atoms with Crippen molar-refractivity contribution in [2.75, 3.05) is 12.4 Å². The molecule has 3 heterocycles. The van der Waals surface area contributed by atoms with Crippen molar-refractivity contribution < 1.29 is 9.53 Å². The predicted molar refractivity (Wildman–Crippen MR) is 107 cm³/mol. The van der Waals surface area contributed by atoms with Crippen LogP contribution in [-0.2, 0) is 11.3 Å². The highest BCUT2D eigenvalue weighted by Crippen LogP contribution is 2.32. The summed E-state index contributed by atoms with van der Waals surface area (Å²) in [6.45, 7) is 2.03. The van der Waals surface area contributed by atoms with Gasteiger partial charge in [0, 0.05) is 28.4 Å². The Kier molecular flexibility index (Phi) is 4.60. The number of nitrogens with one attached hydrogen (secondary N) is 1. The molecule has 7 heteroatoms. The summed E-state index contributed by atoms with van der Waals surface area (Å²) in [7, 11) is 1.59. The number of aryl methyl sites for hydroxylation is 1. The smallest absolute Gasteiger partial charge is 0.246 e. The number of fused-ring (bicyclic) bond motifs is 1. The maximum Gasteiger partial charge on any atom is 0.246 e. The van der Waals surface area contributed by atoms with E-state index in [1.165, 1.54) is 0 Å². The summed E-state index contributed by atoms with van der Waals surface area (Å²) >= 11 is 1.67. The van der Waals surface area contributed by atoms with Gasteiger partial charge in [0.15, 0.2) is 5.65 Å². The molecule has 0 atom stereocenters. The molecule has 0 spiro atoms. The summed E-state index contributed by atoms with van der Waals surface area (Å²) < 4.78 is 6.84. The average molecular weight is 378 g/mol. The first kappa shape index (κ1) is 17.2. The van der Waals surface area contributed by atoms with Crippen molar-refractivity contribution in [3.05, 3.63) is 59.7 Å². The van der Waals surface area contributed by atoms with E-state index in [0.717, 1.165) is 21.5 Å². The van der Waals surface area contributed by atoms with Crippen LogP contribution < -0.4 is 10.1 Å². The van der Waals surface area contributed by atoms with Crippen LogP contribution >= 0.6 is 11.3 Å². The normalized spacial score (nSPS) is 10.9.